The molecule has 2 fully saturated rings. The second-order valence-electron chi connectivity index (χ2n) is 5.71. The number of hydrogen-bond donors (Lipinski definition) is 1. The molecule has 0 radical (unpaired) electrons. The summed E-state index contributed by atoms with van der Waals surface area (Å²) >= 11 is 1.49. The number of nitrogens with one attached hydrogen (secondary N) is 1. The average Bonchev–Trinajstić information content (AvgIpc) is 3.04. The maximum atomic E-state index is 5.45. The maximum Gasteiger partial charge on any atom is 0.202 e. The Morgan fingerprint density at radius 1 is 1.41 bits per heavy atom. The van der Waals surface area contributed by atoms with Gasteiger partial charge >= 0.3 is 0 Å². The fraction of sp³-hybridized carbons (Fsp3) is 0.833. The van der Waals surface area contributed by atoms with Crippen LogP contribution in [0.2, 0.25) is 0 Å². The molecule has 0 amide bonds. The zero-order valence-electron chi connectivity index (χ0n) is 10.6. The fourth-order valence-electron chi connectivity index (χ4n) is 2.48. The largest absolute Gasteiger partial charge is 0.381 e. The van der Waals surface area contributed by atoms with Crippen molar-refractivity contribution in [1.29, 1.82) is 0 Å². The topological polar surface area (TPSA) is 47.0 Å². The van der Waals surface area contributed by atoms with Gasteiger partial charge in [-0.25, -0.2) is 4.98 Å². The third-order valence-electron chi connectivity index (χ3n) is 4.14. The minimum Gasteiger partial charge on any atom is -0.381 e. The van der Waals surface area contributed by atoms with Crippen molar-refractivity contribution in [2.45, 2.75) is 51.2 Å². The summed E-state index contributed by atoms with van der Waals surface area (Å²) in [6.45, 7) is 4.48. The lowest BCUT2D eigenvalue weighted by Gasteiger charge is -2.51. The SMILES string of the molecule is COC1CC(Nc2nc(C3CC3)ns2)C1(C)C. The van der Waals surface area contributed by atoms with Crippen LogP contribution in [0.3, 0.4) is 0 Å². The minimum absolute atomic E-state index is 0.181. The van der Waals surface area contributed by atoms with Gasteiger partial charge in [0.2, 0.25) is 5.13 Å². The van der Waals surface area contributed by atoms with Gasteiger partial charge in [0.15, 0.2) is 0 Å². The molecule has 0 aromatic carbocycles. The molecule has 2 aliphatic rings. The summed E-state index contributed by atoms with van der Waals surface area (Å²) in [5.74, 6) is 1.68. The molecular formula is C12H19N3OS. The monoisotopic (exact) mass is 253 g/mol. The molecule has 0 saturated heterocycles. The van der Waals surface area contributed by atoms with Gasteiger partial charge in [0.05, 0.1) is 6.10 Å². The van der Waals surface area contributed by atoms with E-state index in [0.29, 0.717) is 18.1 Å². The number of nitrogens with zero attached hydrogens (tertiary/aromatic N) is 2. The summed E-state index contributed by atoms with van der Waals surface area (Å²) in [6.07, 6.45) is 3.94. The van der Waals surface area contributed by atoms with Gasteiger partial charge in [-0.05, 0) is 19.3 Å². The summed E-state index contributed by atoms with van der Waals surface area (Å²) in [4.78, 5) is 4.57. The lowest BCUT2D eigenvalue weighted by atomic mass is 9.64. The van der Waals surface area contributed by atoms with Gasteiger partial charge in [-0.15, -0.1) is 0 Å². The van der Waals surface area contributed by atoms with Gasteiger partial charge in [0.1, 0.15) is 5.82 Å². The summed E-state index contributed by atoms with van der Waals surface area (Å²) in [5.41, 5.74) is 0.181. The number of aromatic nitrogens is 2. The van der Waals surface area contributed by atoms with Gasteiger partial charge in [-0.3, -0.25) is 0 Å². The molecule has 1 aromatic heterocycles. The van der Waals surface area contributed by atoms with E-state index in [9.17, 15) is 0 Å². The van der Waals surface area contributed by atoms with Crippen molar-refractivity contribution < 1.29 is 4.74 Å². The van der Waals surface area contributed by atoms with Gasteiger partial charge in [-0.1, -0.05) is 13.8 Å². The van der Waals surface area contributed by atoms with Crippen LogP contribution in [0.25, 0.3) is 0 Å². The van der Waals surface area contributed by atoms with Crippen molar-refractivity contribution in [2.24, 2.45) is 5.41 Å². The van der Waals surface area contributed by atoms with E-state index >= 15 is 0 Å². The molecule has 2 saturated carbocycles. The highest BCUT2D eigenvalue weighted by atomic mass is 32.1. The Labute approximate surface area is 106 Å². The van der Waals surface area contributed by atoms with Crippen molar-refractivity contribution in [3.05, 3.63) is 5.82 Å². The summed E-state index contributed by atoms with van der Waals surface area (Å²) in [6, 6.07) is 0.451. The minimum atomic E-state index is 0.181. The predicted molar refractivity (Wildman–Crippen MR) is 68.5 cm³/mol. The summed E-state index contributed by atoms with van der Waals surface area (Å²) < 4.78 is 9.86. The Balaban J connectivity index is 1.63. The van der Waals surface area contributed by atoms with Gasteiger partial charge in [0, 0.05) is 36.0 Å². The highest BCUT2D eigenvalue weighted by Crippen LogP contribution is 2.45. The first-order valence-electron chi connectivity index (χ1n) is 6.24. The Morgan fingerprint density at radius 3 is 2.76 bits per heavy atom. The molecule has 17 heavy (non-hydrogen) atoms. The molecule has 1 heterocycles. The standard InChI is InChI=1S/C12H19N3OS/c1-12(2)8(6-9(12)16-3)13-11-14-10(15-17-11)7-4-5-7/h7-9H,4-6H2,1-3H3,(H,13,14,15). The molecule has 1 N–H and O–H groups in total. The molecule has 3 rings (SSSR count). The van der Waals surface area contributed by atoms with Crippen molar-refractivity contribution in [3.8, 4) is 0 Å². The number of methoxy groups -OCH3 is 1. The van der Waals surface area contributed by atoms with Crippen LogP contribution < -0.4 is 5.32 Å². The number of rotatable bonds is 4. The van der Waals surface area contributed by atoms with Gasteiger partial charge in [0.25, 0.3) is 0 Å². The third kappa shape index (κ3) is 1.95. The van der Waals surface area contributed by atoms with E-state index in [1.807, 2.05) is 0 Å². The van der Waals surface area contributed by atoms with Crippen LogP contribution in [0.5, 0.6) is 0 Å². The van der Waals surface area contributed by atoms with Crippen LogP contribution >= 0.6 is 11.5 Å². The fourth-order valence-corrected chi connectivity index (χ4v) is 3.18. The van der Waals surface area contributed by atoms with Crippen LogP contribution in [-0.4, -0.2) is 28.6 Å². The average molecular weight is 253 g/mol. The van der Waals surface area contributed by atoms with E-state index < -0.39 is 0 Å². The van der Waals surface area contributed by atoms with Crippen molar-refractivity contribution in [2.75, 3.05) is 12.4 Å². The van der Waals surface area contributed by atoms with E-state index in [0.717, 1.165) is 17.4 Å². The van der Waals surface area contributed by atoms with Gasteiger partial charge in [-0.2, -0.15) is 4.37 Å². The molecule has 0 spiro atoms. The second-order valence-corrected chi connectivity index (χ2v) is 6.46. The lowest BCUT2D eigenvalue weighted by molar-refractivity contribution is -0.0794. The first-order chi connectivity index (χ1) is 8.11. The lowest BCUT2D eigenvalue weighted by Crippen LogP contribution is -2.57. The Hall–Kier alpha value is -0.680. The summed E-state index contributed by atoms with van der Waals surface area (Å²) in [5, 5.41) is 4.47. The van der Waals surface area contributed by atoms with E-state index in [-0.39, 0.29) is 5.41 Å². The zero-order valence-corrected chi connectivity index (χ0v) is 11.4. The Bertz CT molecular complexity index is 414. The molecule has 4 nitrogen and oxygen atoms in total. The molecule has 94 valence electrons. The second kappa shape index (κ2) is 3.92. The van der Waals surface area contributed by atoms with Crippen molar-refractivity contribution in [3.63, 3.8) is 0 Å². The summed E-state index contributed by atoms with van der Waals surface area (Å²) in [7, 11) is 1.79. The quantitative estimate of drug-likeness (QED) is 0.896. The zero-order chi connectivity index (χ0) is 12.0. The van der Waals surface area contributed by atoms with E-state index in [2.05, 4.69) is 28.5 Å². The smallest absolute Gasteiger partial charge is 0.202 e. The van der Waals surface area contributed by atoms with Crippen molar-refractivity contribution >= 4 is 16.7 Å². The number of anilines is 1. The third-order valence-corrected chi connectivity index (χ3v) is 4.80. The molecule has 2 aliphatic carbocycles. The predicted octanol–water partition coefficient (Wildman–Crippen LogP) is 2.64. The van der Waals surface area contributed by atoms with Crippen LogP contribution in [-0.2, 0) is 4.74 Å². The van der Waals surface area contributed by atoms with Crippen LogP contribution in [0.15, 0.2) is 0 Å². The molecule has 0 aliphatic heterocycles. The number of ether oxygens (including phenoxy) is 1. The molecule has 0 bridgehead atoms. The Morgan fingerprint density at radius 2 is 2.18 bits per heavy atom. The van der Waals surface area contributed by atoms with E-state index in [4.69, 9.17) is 4.74 Å². The molecular weight excluding hydrogens is 234 g/mol. The van der Waals surface area contributed by atoms with E-state index in [1.54, 1.807) is 7.11 Å². The Kier molecular flexibility index (Phi) is 2.63. The molecule has 2 atom stereocenters. The van der Waals surface area contributed by atoms with Crippen LogP contribution in [0.4, 0.5) is 5.13 Å². The van der Waals surface area contributed by atoms with Crippen molar-refractivity contribution in [1.82, 2.24) is 9.36 Å². The number of hydrogen-bond acceptors (Lipinski definition) is 5. The first-order valence-corrected chi connectivity index (χ1v) is 7.01. The first kappa shape index (κ1) is 11.4. The van der Waals surface area contributed by atoms with Crippen LogP contribution in [0.1, 0.15) is 44.9 Å². The highest BCUT2D eigenvalue weighted by molar-refractivity contribution is 7.09. The van der Waals surface area contributed by atoms with E-state index in [1.165, 1.54) is 24.4 Å². The highest BCUT2D eigenvalue weighted by Gasteiger charge is 2.49. The molecule has 1 aromatic rings. The maximum absolute atomic E-state index is 5.45. The molecule has 2 unspecified atom stereocenters. The van der Waals surface area contributed by atoms with Crippen LogP contribution in [0, 0.1) is 5.41 Å². The van der Waals surface area contributed by atoms with Gasteiger partial charge < -0.3 is 10.1 Å². The molecule has 5 heteroatoms. The normalized spacial score (nSPS) is 31.0.